The molecule has 0 spiro atoms. The molecular formula is C17H23FN4. The number of hydrogen-bond donors (Lipinski definition) is 0. The quantitative estimate of drug-likeness (QED) is 0.843. The van der Waals surface area contributed by atoms with Crippen molar-refractivity contribution in [1.82, 2.24) is 19.4 Å². The van der Waals surface area contributed by atoms with Gasteiger partial charge in [0.1, 0.15) is 11.6 Å². The van der Waals surface area contributed by atoms with Crippen molar-refractivity contribution in [2.24, 2.45) is 7.05 Å². The molecule has 0 atom stereocenters. The number of nitrogens with zero attached hydrogens (tertiary/aromatic N) is 4. The Bertz CT molecular complexity index is 585. The van der Waals surface area contributed by atoms with E-state index in [1.807, 2.05) is 31.6 Å². The Hall–Kier alpha value is -1.72. The summed E-state index contributed by atoms with van der Waals surface area (Å²) < 4.78 is 15.0. The van der Waals surface area contributed by atoms with Crippen molar-refractivity contribution in [2.45, 2.75) is 13.0 Å². The van der Waals surface area contributed by atoms with Crippen LogP contribution in [0, 0.1) is 5.82 Å². The van der Waals surface area contributed by atoms with E-state index in [1.165, 1.54) is 5.56 Å². The minimum atomic E-state index is -0.164. The molecule has 5 heteroatoms. The third kappa shape index (κ3) is 3.93. The van der Waals surface area contributed by atoms with Crippen LogP contribution in [0.3, 0.4) is 0 Å². The lowest BCUT2D eigenvalue weighted by atomic mass is 10.2. The van der Waals surface area contributed by atoms with Crippen molar-refractivity contribution in [3.05, 3.63) is 53.9 Å². The van der Waals surface area contributed by atoms with E-state index in [-0.39, 0.29) is 5.82 Å². The third-order valence-corrected chi connectivity index (χ3v) is 4.36. The maximum Gasteiger partial charge on any atom is 0.123 e. The second-order valence-corrected chi connectivity index (χ2v) is 5.95. The highest BCUT2D eigenvalue weighted by Gasteiger charge is 2.17. The summed E-state index contributed by atoms with van der Waals surface area (Å²) in [6.45, 7) is 6.29. The number of halogens is 1. The lowest BCUT2D eigenvalue weighted by Gasteiger charge is -2.34. The van der Waals surface area contributed by atoms with E-state index in [4.69, 9.17) is 0 Å². The first-order valence-electron chi connectivity index (χ1n) is 7.86. The van der Waals surface area contributed by atoms with Gasteiger partial charge in [0.25, 0.3) is 0 Å². The maximum atomic E-state index is 12.9. The summed E-state index contributed by atoms with van der Waals surface area (Å²) in [4.78, 5) is 9.30. The predicted octanol–water partition coefficient (Wildman–Crippen LogP) is 1.92. The fraction of sp³-hybridized carbons (Fsp3) is 0.471. The van der Waals surface area contributed by atoms with Crippen LogP contribution in [0.5, 0.6) is 0 Å². The first-order valence-corrected chi connectivity index (χ1v) is 7.86. The molecule has 2 aromatic rings. The third-order valence-electron chi connectivity index (χ3n) is 4.36. The number of aryl methyl sites for hydroxylation is 1. The van der Waals surface area contributed by atoms with Crippen molar-refractivity contribution in [3.63, 3.8) is 0 Å². The normalized spacial score (nSPS) is 17.0. The molecule has 0 amide bonds. The monoisotopic (exact) mass is 302 g/mol. The van der Waals surface area contributed by atoms with E-state index in [9.17, 15) is 4.39 Å². The zero-order chi connectivity index (χ0) is 15.4. The molecule has 0 radical (unpaired) electrons. The molecular weight excluding hydrogens is 279 g/mol. The Balaban J connectivity index is 1.42. The van der Waals surface area contributed by atoms with Gasteiger partial charge in [-0.25, -0.2) is 9.37 Å². The number of hydrogen-bond acceptors (Lipinski definition) is 3. The molecule has 1 aliphatic heterocycles. The van der Waals surface area contributed by atoms with E-state index >= 15 is 0 Å². The Morgan fingerprint density at radius 1 is 1.05 bits per heavy atom. The Kier molecular flexibility index (Phi) is 4.85. The maximum absolute atomic E-state index is 12.9. The average molecular weight is 302 g/mol. The van der Waals surface area contributed by atoms with E-state index in [1.54, 1.807) is 12.1 Å². The van der Waals surface area contributed by atoms with Crippen LogP contribution in [0.15, 0.2) is 36.7 Å². The Labute approximate surface area is 131 Å². The highest BCUT2D eigenvalue weighted by Crippen LogP contribution is 2.10. The van der Waals surface area contributed by atoms with Gasteiger partial charge in [-0.05, 0) is 17.7 Å². The van der Waals surface area contributed by atoms with Crippen molar-refractivity contribution < 1.29 is 4.39 Å². The van der Waals surface area contributed by atoms with Gasteiger partial charge in [-0.2, -0.15) is 0 Å². The Morgan fingerprint density at radius 2 is 1.73 bits per heavy atom. The van der Waals surface area contributed by atoms with Crippen LogP contribution < -0.4 is 0 Å². The minimum absolute atomic E-state index is 0.164. The lowest BCUT2D eigenvalue weighted by Crippen LogP contribution is -2.46. The summed E-state index contributed by atoms with van der Waals surface area (Å²) in [6.07, 6.45) is 4.85. The molecule has 2 heterocycles. The van der Waals surface area contributed by atoms with Gasteiger partial charge in [0.15, 0.2) is 0 Å². The van der Waals surface area contributed by atoms with Gasteiger partial charge in [-0.3, -0.25) is 4.90 Å². The van der Waals surface area contributed by atoms with Gasteiger partial charge < -0.3 is 9.47 Å². The minimum Gasteiger partial charge on any atom is -0.338 e. The van der Waals surface area contributed by atoms with Gasteiger partial charge >= 0.3 is 0 Å². The Morgan fingerprint density at radius 3 is 2.36 bits per heavy atom. The molecule has 1 saturated heterocycles. The zero-order valence-electron chi connectivity index (χ0n) is 13.1. The van der Waals surface area contributed by atoms with Crippen molar-refractivity contribution in [3.8, 4) is 0 Å². The molecule has 4 nitrogen and oxygen atoms in total. The van der Waals surface area contributed by atoms with Gasteiger partial charge in [0.2, 0.25) is 0 Å². The number of aromatic nitrogens is 2. The van der Waals surface area contributed by atoms with E-state index in [0.717, 1.165) is 51.5 Å². The lowest BCUT2D eigenvalue weighted by molar-refractivity contribution is 0.127. The van der Waals surface area contributed by atoms with Crippen LogP contribution >= 0.6 is 0 Å². The smallest absolute Gasteiger partial charge is 0.123 e. The van der Waals surface area contributed by atoms with Crippen LogP contribution in [0.2, 0.25) is 0 Å². The summed E-state index contributed by atoms with van der Waals surface area (Å²) in [5, 5.41) is 0. The molecule has 1 aliphatic rings. The molecule has 1 aromatic heterocycles. The van der Waals surface area contributed by atoms with Crippen LogP contribution in [0.1, 0.15) is 11.4 Å². The fourth-order valence-corrected chi connectivity index (χ4v) is 2.91. The topological polar surface area (TPSA) is 24.3 Å². The number of imidazole rings is 1. The number of rotatable bonds is 5. The summed E-state index contributed by atoms with van der Waals surface area (Å²) in [5.41, 5.74) is 1.18. The molecule has 0 aliphatic carbocycles. The first kappa shape index (κ1) is 15.2. The van der Waals surface area contributed by atoms with Crippen molar-refractivity contribution in [1.29, 1.82) is 0 Å². The molecule has 22 heavy (non-hydrogen) atoms. The summed E-state index contributed by atoms with van der Waals surface area (Å²) in [5.74, 6) is 0.983. The van der Waals surface area contributed by atoms with Crippen LogP contribution in [-0.4, -0.2) is 52.1 Å². The zero-order valence-corrected chi connectivity index (χ0v) is 13.1. The highest BCUT2D eigenvalue weighted by molar-refractivity contribution is 5.15. The first-order chi connectivity index (χ1) is 10.7. The van der Waals surface area contributed by atoms with Crippen molar-refractivity contribution >= 4 is 0 Å². The van der Waals surface area contributed by atoms with Gasteiger partial charge in [-0.1, -0.05) is 12.1 Å². The van der Waals surface area contributed by atoms with Crippen LogP contribution in [0.4, 0.5) is 4.39 Å². The molecule has 0 saturated carbocycles. The van der Waals surface area contributed by atoms with Gasteiger partial charge in [0, 0.05) is 65.1 Å². The van der Waals surface area contributed by atoms with Crippen LogP contribution in [0.25, 0.3) is 0 Å². The second kappa shape index (κ2) is 7.03. The molecule has 3 rings (SSSR count). The molecule has 118 valence electrons. The molecule has 0 N–H and O–H groups in total. The number of piperazine rings is 1. The number of benzene rings is 1. The standard InChI is InChI=1S/C17H23FN4/c1-20-9-7-19-17(20)6-8-21-10-12-22(13-11-21)14-15-2-4-16(18)5-3-15/h2-5,7,9H,6,8,10-14H2,1H3. The average Bonchev–Trinajstić information content (AvgIpc) is 2.94. The second-order valence-electron chi connectivity index (χ2n) is 5.95. The van der Waals surface area contributed by atoms with Gasteiger partial charge in [0.05, 0.1) is 0 Å². The highest BCUT2D eigenvalue weighted by atomic mass is 19.1. The summed E-state index contributed by atoms with van der Waals surface area (Å²) in [7, 11) is 2.04. The fourth-order valence-electron chi connectivity index (χ4n) is 2.91. The molecule has 0 bridgehead atoms. The predicted molar refractivity (Wildman–Crippen MR) is 85.0 cm³/mol. The SMILES string of the molecule is Cn1ccnc1CCN1CCN(Cc2ccc(F)cc2)CC1. The molecule has 0 unspecified atom stereocenters. The van der Waals surface area contributed by atoms with E-state index in [0.29, 0.717) is 0 Å². The molecule has 1 fully saturated rings. The summed E-state index contributed by atoms with van der Waals surface area (Å²) in [6, 6.07) is 6.84. The van der Waals surface area contributed by atoms with E-state index in [2.05, 4.69) is 19.4 Å². The van der Waals surface area contributed by atoms with Crippen LogP contribution in [-0.2, 0) is 20.0 Å². The van der Waals surface area contributed by atoms with E-state index < -0.39 is 0 Å². The van der Waals surface area contributed by atoms with Gasteiger partial charge in [-0.15, -0.1) is 0 Å². The van der Waals surface area contributed by atoms with Crippen molar-refractivity contribution in [2.75, 3.05) is 32.7 Å². The largest absolute Gasteiger partial charge is 0.338 e. The summed E-state index contributed by atoms with van der Waals surface area (Å²) >= 11 is 0. The molecule has 1 aromatic carbocycles.